The van der Waals surface area contributed by atoms with Crippen LogP contribution in [0.5, 0.6) is 0 Å². The summed E-state index contributed by atoms with van der Waals surface area (Å²) in [6.45, 7) is 6.55. The molecule has 260 valence electrons. The summed E-state index contributed by atoms with van der Waals surface area (Å²) in [4.78, 5) is 5.61. The first-order valence-corrected chi connectivity index (χ1v) is 19.8. The maximum absolute atomic E-state index is 6.72. The summed E-state index contributed by atoms with van der Waals surface area (Å²) in [5, 5.41) is 5.47. The molecule has 4 bridgehead atoms. The van der Waals surface area contributed by atoms with E-state index >= 15 is 0 Å². The van der Waals surface area contributed by atoms with Crippen molar-refractivity contribution in [3.63, 3.8) is 0 Å². The SMILES string of the molecule is Cl.c1ccc2cc(C3=C(CN4CCC[C@@H]4COC[C@H]4CCCN4CC4=C(c5ccc6ccccc6c5)C5CCC4C5)C4CCC3C4)ccc2c1. The quantitative estimate of drug-likeness (QED) is 0.165. The summed E-state index contributed by atoms with van der Waals surface area (Å²) < 4.78 is 6.72. The van der Waals surface area contributed by atoms with Crippen LogP contribution in [0.3, 0.4) is 0 Å². The van der Waals surface area contributed by atoms with Gasteiger partial charge in [0, 0.05) is 25.2 Å². The fraction of sp³-hybridized carbons (Fsp3) is 0.478. The Balaban J connectivity index is 0.00000336. The molecule has 50 heavy (non-hydrogen) atoms. The van der Waals surface area contributed by atoms with Crippen LogP contribution in [0.15, 0.2) is 96.1 Å². The van der Waals surface area contributed by atoms with E-state index < -0.39 is 0 Å². The van der Waals surface area contributed by atoms with Gasteiger partial charge in [0.15, 0.2) is 0 Å². The van der Waals surface area contributed by atoms with Crippen LogP contribution in [-0.2, 0) is 4.74 Å². The number of rotatable bonds is 10. The topological polar surface area (TPSA) is 15.7 Å². The van der Waals surface area contributed by atoms with E-state index in [1.54, 1.807) is 22.3 Å². The summed E-state index contributed by atoms with van der Waals surface area (Å²) in [5.74, 6) is 3.11. The molecule has 3 nitrogen and oxygen atoms in total. The lowest BCUT2D eigenvalue weighted by atomic mass is 9.86. The highest BCUT2D eigenvalue weighted by Crippen LogP contribution is 2.54. The molecule has 2 saturated carbocycles. The molecule has 4 aromatic rings. The number of hydrogen-bond donors (Lipinski definition) is 0. The molecular formula is C46H53ClN2O. The van der Waals surface area contributed by atoms with E-state index in [4.69, 9.17) is 4.74 Å². The van der Waals surface area contributed by atoms with Crippen molar-refractivity contribution in [2.24, 2.45) is 23.7 Å². The molecule has 4 aromatic carbocycles. The van der Waals surface area contributed by atoms with Gasteiger partial charge in [-0.15, -0.1) is 12.4 Å². The fourth-order valence-electron chi connectivity index (χ4n) is 11.4. The van der Waals surface area contributed by atoms with Gasteiger partial charge >= 0.3 is 0 Å². The predicted octanol–water partition coefficient (Wildman–Crippen LogP) is 10.4. The molecule has 10 rings (SSSR count). The first-order chi connectivity index (χ1) is 24.2. The molecule has 2 aliphatic heterocycles. The van der Waals surface area contributed by atoms with Gasteiger partial charge in [-0.25, -0.2) is 0 Å². The molecule has 6 aliphatic rings. The minimum absolute atomic E-state index is 0. The number of hydrogen-bond acceptors (Lipinski definition) is 3. The van der Waals surface area contributed by atoms with Crippen LogP contribution >= 0.6 is 12.4 Å². The van der Waals surface area contributed by atoms with Gasteiger partial charge in [-0.3, -0.25) is 9.80 Å². The molecule has 2 heterocycles. The third-order valence-electron chi connectivity index (χ3n) is 13.8. The van der Waals surface area contributed by atoms with Crippen molar-refractivity contribution >= 4 is 45.1 Å². The summed E-state index contributed by atoms with van der Waals surface area (Å²) >= 11 is 0. The van der Waals surface area contributed by atoms with Crippen molar-refractivity contribution in [3.05, 3.63) is 107 Å². The molecule has 6 atom stereocenters. The number of nitrogens with zero attached hydrogens (tertiary/aromatic N) is 2. The maximum Gasteiger partial charge on any atom is 0.0622 e. The number of benzene rings is 4. The highest BCUT2D eigenvalue weighted by Gasteiger charge is 2.42. The van der Waals surface area contributed by atoms with E-state index in [0.717, 1.165) is 50.0 Å². The number of fused-ring (bicyclic) bond motifs is 6. The molecule has 2 saturated heterocycles. The highest BCUT2D eigenvalue weighted by atomic mass is 35.5. The second-order valence-corrected chi connectivity index (χ2v) is 16.5. The second-order valence-electron chi connectivity index (χ2n) is 16.5. The van der Waals surface area contributed by atoms with Gasteiger partial charge in [-0.1, -0.05) is 72.8 Å². The number of likely N-dealkylation sites (tertiary alicyclic amines) is 2. The van der Waals surface area contributed by atoms with E-state index in [0.29, 0.717) is 12.1 Å². The van der Waals surface area contributed by atoms with Crippen LogP contribution in [0.1, 0.15) is 75.3 Å². The Morgan fingerprint density at radius 3 is 1.42 bits per heavy atom. The van der Waals surface area contributed by atoms with Gasteiger partial charge in [-0.2, -0.15) is 0 Å². The Bertz CT molecular complexity index is 1810. The van der Waals surface area contributed by atoms with Gasteiger partial charge in [0.25, 0.3) is 0 Å². The molecule has 0 spiro atoms. The lowest BCUT2D eigenvalue weighted by molar-refractivity contribution is 0.0460. The van der Waals surface area contributed by atoms with E-state index in [1.807, 2.05) is 0 Å². The maximum atomic E-state index is 6.72. The summed E-state index contributed by atoms with van der Waals surface area (Å²) in [5.41, 5.74) is 9.91. The van der Waals surface area contributed by atoms with Crippen LogP contribution in [0.4, 0.5) is 0 Å². The average Bonchev–Trinajstić information content (AvgIpc) is 4.00. The normalized spacial score (nSPS) is 29.4. The van der Waals surface area contributed by atoms with Crippen molar-refractivity contribution in [1.29, 1.82) is 0 Å². The van der Waals surface area contributed by atoms with Crippen LogP contribution in [0.25, 0.3) is 32.7 Å². The first kappa shape index (κ1) is 32.9. The number of ether oxygens (including phenoxy) is 1. The Morgan fingerprint density at radius 1 is 0.500 bits per heavy atom. The van der Waals surface area contributed by atoms with E-state index in [1.165, 1.54) is 110 Å². The van der Waals surface area contributed by atoms with E-state index in [9.17, 15) is 0 Å². The van der Waals surface area contributed by atoms with Crippen LogP contribution < -0.4 is 0 Å². The van der Waals surface area contributed by atoms with Gasteiger partial charge in [0.1, 0.15) is 0 Å². The summed E-state index contributed by atoms with van der Waals surface area (Å²) in [6, 6.07) is 33.3. The summed E-state index contributed by atoms with van der Waals surface area (Å²) in [6.07, 6.45) is 13.5. The van der Waals surface area contributed by atoms with Crippen molar-refractivity contribution < 1.29 is 4.74 Å². The molecule has 0 amide bonds. The molecule has 0 aromatic heterocycles. The van der Waals surface area contributed by atoms with Gasteiger partial charge in [0.05, 0.1) is 13.2 Å². The zero-order valence-electron chi connectivity index (χ0n) is 29.6. The Hall–Kier alpha value is -2.95. The van der Waals surface area contributed by atoms with E-state index in [-0.39, 0.29) is 12.4 Å². The summed E-state index contributed by atoms with van der Waals surface area (Å²) in [7, 11) is 0. The van der Waals surface area contributed by atoms with Crippen molar-refractivity contribution in [2.75, 3.05) is 39.4 Å². The lowest BCUT2D eigenvalue weighted by Gasteiger charge is -2.31. The Kier molecular flexibility index (Phi) is 9.14. The molecule has 0 N–H and O–H groups in total. The molecule has 4 aliphatic carbocycles. The van der Waals surface area contributed by atoms with Gasteiger partial charge < -0.3 is 4.74 Å². The van der Waals surface area contributed by atoms with Crippen molar-refractivity contribution in [2.45, 2.75) is 76.3 Å². The van der Waals surface area contributed by atoms with Crippen LogP contribution in [0.2, 0.25) is 0 Å². The van der Waals surface area contributed by atoms with Crippen LogP contribution in [-0.4, -0.2) is 61.3 Å². The number of allylic oxidation sites excluding steroid dienone is 2. The molecule has 4 heteroatoms. The average molecular weight is 685 g/mol. The highest BCUT2D eigenvalue weighted by molar-refractivity contribution is 5.89. The monoisotopic (exact) mass is 684 g/mol. The number of halogens is 1. The zero-order chi connectivity index (χ0) is 32.3. The van der Waals surface area contributed by atoms with Gasteiger partial charge in [-0.05, 0) is 168 Å². The van der Waals surface area contributed by atoms with E-state index in [2.05, 4.69) is 94.7 Å². The molecule has 0 radical (unpaired) electrons. The largest absolute Gasteiger partial charge is 0.378 e. The van der Waals surface area contributed by atoms with Gasteiger partial charge in [0.2, 0.25) is 0 Å². The molecule has 4 unspecified atom stereocenters. The molecular weight excluding hydrogens is 632 g/mol. The molecule has 4 fully saturated rings. The Labute approximate surface area is 305 Å². The first-order valence-electron chi connectivity index (χ1n) is 19.8. The Morgan fingerprint density at radius 2 is 0.940 bits per heavy atom. The standard InChI is InChI=1S/C46H52N2O.ClH/c1-3-9-33-23-37(17-13-31(33)7-1)45-39-19-15-35(25-39)43(45)27-47-21-5-11-41(47)29-49-30-42-12-6-22-48(42)28-44-36-16-20-40(26-36)46(44)38-18-14-32-8-2-4-10-34(32)24-38;/h1-4,7-10,13-14,17-18,23-24,35-36,39-42H,5-6,11-12,15-16,19-22,25-30H2;1H/t35?,36?,39?,40?,41-,42-;/m1./s1. The minimum Gasteiger partial charge on any atom is -0.378 e. The zero-order valence-corrected chi connectivity index (χ0v) is 30.4. The van der Waals surface area contributed by atoms with Crippen molar-refractivity contribution in [3.8, 4) is 0 Å². The third-order valence-corrected chi connectivity index (χ3v) is 13.8. The lowest BCUT2D eigenvalue weighted by Crippen LogP contribution is -2.39. The smallest absolute Gasteiger partial charge is 0.0622 e. The fourth-order valence-corrected chi connectivity index (χ4v) is 11.4. The minimum atomic E-state index is 0. The third kappa shape index (κ3) is 5.97. The van der Waals surface area contributed by atoms with Crippen LogP contribution in [0, 0.1) is 23.7 Å². The van der Waals surface area contributed by atoms with Crippen molar-refractivity contribution in [1.82, 2.24) is 9.80 Å². The second kappa shape index (κ2) is 13.9. The predicted molar refractivity (Wildman–Crippen MR) is 211 cm³/mol.